The summed E-state index contributed by atoms with van der Waals surface area (Å²) in [5.41, 5.74) is 1.85. The van der Waals surface area contributed by atoms with Gasteiger partial charge in [0.2, 0.25) is 0 Å². The number of rotatable bonds is 4. The van der Waals surface area contributed by atoms with Crippen LogP contribution in [-0.2, 0) is 0 Å². The first-order valence-corrected chi connectivity index (χ1v) is 8.02. The van der Waals surface area contributed by atoms with E-state index in [9.17, 15) is 9.18 Å². The molecular formula is C18H15FN2OS. The fourth-order valence-corrected chi connectivity index (χ4v) is 3.13. The molecule has 1 amide bonds. The third-order valence-corrected chi connectivity index (χ3v) is 4.62. The van der Waals surface area contributed by atoms with Gasteiger partial charge in [-0.05, 0) is 48.4 Å². The lowest BCUT2D eigenvalue weighted by Gasteiger charge is -2.12. The Kier molecular flexibility index (Phi) is 4.48. The van der Waals surface area contributed by atoms with Crippen molar-refractivity contribution in [2.45, 2.75) is 13.0 Å². The molecule has 1 aromatic carbocycles. The van der Waals surface area contributed by atoms with Crippen LogP contribution in [0.1, 0.15) is 28.2 Å². The third kappa shape index (κ3) is 3.63. The molecule has 3 aromatic rings. The van der Waals surface area contributed by atoms with Gasteiger partial charge >= 0.3 is 0 Å². The zero-order valence-corrected chi connectivity index (χ0v) is 13.3. The average Bonchev–Trinajstić information content (AvgIpc) is 3.06. The molecule has 0 aliphatic rings. The van der Waals surface area contributed by atoms with E-state index < -0.39 is 0 Å². The van der Waals surface area contributed by atoms with Gasteiger partial charge in [-0.1, -0.05) is 18.2 Å². The van der Waals surface area contributed by atoms with Gasteiger partial charge in [0, 0.05) is 17.3 Å². The van der Waals surface area contributed by atoms with Crippen LogP contribution in [0.15, 0.2) is 60.9 Å². The summed E-state index contributed by atoms with van der Waals surface area (Å²) >= 11 is 1.39. The van der Waals surface area contributed by atoms with E-state index in [0.717, 1.165) is 16.0 Å². The summed E-state index contributed by atoms with van der Waals surface area (Å²) in [4.78, 5) is 18.0. The molecule has 0 radical (unpaired) electrons. The van der Waals surface area contributed by atoms with E-state index in [-0.39, 0.29) is 17.8 Å². The number of carbonyl (C=O) groups is 1. The second-order valence-corrected chi connectivity index (χ2v) is 6.24. The van der Waals surface area contributed by atoms with E-state index in [1.165, 1.54) is 23.5 Å². The van der Waals surface area contributed by atoms with Crippen LogP contribution in [0.25, 0.3) is 10.4 Å². The molecule has 0 fully saturated rings. The number of halogens is 1. The molecule has 1 unspecified atom stereocenters. The topological polar surface area (TPSA) is 42.0 Å². The second-order valence-electron chi connectivity index (χ2n) is 5.15. The normalized spacial score (nSPS) is 11.9. The highest BCUT2D eigenvalue weighted by Gasteiger charge is 2.14. The molecule has 0 bridgehead atoms. The summed E-state index contributed by atoms with van der Waals surface area (Å²) in [5.74, 6) is -0.395. The Hall–Kier alpha value is -2.53. The van der Waals surface area contributed by atoms with Crippen LogP contribution in [0.4, 0.5) is 4.39 Å². The van der Waals surface area contributed by atoms with Gasteiger partial charge in [-0.3, -0.25) is 9.78 Å². The Balaban J connectivity index is 1.72. The lowest BCUT2D eigenvalue weighted by molar-refractivity contribution is 0.0944. The van der Waals surface area contributed by atoms with Gasteiger partial charge in [0.1, 0.15) is 5.82 Å². The van der Waals surface area contributed by atoms with Gasteiger partial charge in [0.05, 0.1) is 10.9 Å². The predicted molar refractivity (Wildman–Crippen MR) is 89.8 cm³/mol. The minimum atomic E-state index is -0.270. The van der Waals surface area contributed by atoms with E-state index in [4.69, 9.17) is 0 Å². The van der Waals surface area contributed by atoms with E-state index in [1.54, 1.807) is 30.6 Å². The molecule has 0 aliphatic heterocycles. The number of carbonyl (C=O) groups excluding carboxylic acids is 1. The number of amides is 1. The average molecular weight is 326 g/mol. The van der Waals surface area contributed by atoms with Crippen LogP contribution in [0.5, 0.6) is 0 Å². The van der Waals surface area contributed by atoms with E-state index in [2.05, 4.69) is 10.3 Å². The lowest BCUT2D eigenvalue weighted by Crippen LogP contribution is -2.25. The molecule has 0 saturated carbocycles. The summed E-state index contributed by atoms with van der Waals surface area (Å²) in [6.07, 6.45) is 3.44. The molecule has 2 heterocycles. The lowest BCUT2D eigenvalue weighted by atomic mass is 10.1. The summed E-state index contributed by atoms with van der Waals surface area (Å²) < 4.78 is 13.0. The Bertz CT molecular complexity index is 799. The minimum absolute atomic E-state index is 0.118. The molecule has 1 atom stereocenters. The number of nitrogens with zero attached hydrogens (tertiary/aromatic N) is 1. The van der Waals surface area contributed by atoms with E-state index in [0.29, 0.717) is 4.88 Å². The zero-order valence-electron chi connectivity index (χ0n) is 12.5. The maximum atomic E-state index is 13.0. The van der Waals surface area contributed by atoms with Crippen molar-refractivity contribution in [2.24, 2.45) is 0 Å². The second kappa shape index (κ2) is 6.71. The quantitative estimate of drug-likeness (QED) is 0.770. The largest absolute Gasteiger partial charge is 0.345 e. The van der Waals surface area contributed by atoms with Gasteiger partial charge in [-0.15, -0.1) is 11.3 Å². The summed E-state index contributed by atoms with van der Waals surface area (Å²) in [6.45, 7) is 1.92. The van der Waals surface area contributed by atoms with Crippen molar-refractivity contribution in [3.05, 3.63) is 77.2 Å². The van der Waals surface area contributed by atoms with Crippen LogP contribution in [0.3, 0.4) is 0 Å². The fourth-order valence-electron chi connectivity index (χ4n) is 2.21. The van der Waals surface area contributed by atoms with Gasteiger partial charge in [-0.25, -0.2) is 4.39 Å². The van der Waals surface area contributed by atoms with Crippen LogP contribution in [0, 0.1) is 5.82 Å². The smallest absolute Gasteiger partial charge is 0.261 e. The van der Waals surface area contributed by atoms with Crippen molar-refractivity contribution in [3.63, 3.8) is 0 Å². The van der Waals surface area contributed by atoms with Gasteiger partial charge < -0.3 is 5.32 Å². The molecule has 5 heteroatoms. The first kappa shape index (κ1) is 15.4. The number of aromatic nitrogens is 1. The van der Waals surface area contributed by atoms with Crippen LogP contribution in [0.2, 0.25) is 0 Å². The number of hydrogen-bond acceptors (Lipinski definition) is 3. The number of pyridine rings is 1. The fraction of sp³-hybridized carbons (Fsp3) is 0.111. The highest BCUT2D eigenvalue weighted by Crippen LogP contribution is 2.28. The SMILES string of the molecule is CC(NC(=O)c1ccc(-c2ccc(F)cc2)s1)c1cccnc1. The number of hydrogen-bond donors (Lipinski definition) is 1. The van der Waals surface area contributed by atoms with E-state index in [1.807, 2.05) is 25.1 Å². The Morgan fingerprint density at radius 1 is 1.17 bits per heavy atom. The monoisotopic (exact) mass is 326 g/mol. The standard InChI is InChI=1S/C18H15FN2OS/c1-12(14-3-2-10-20-11-14)21-18(22)17-9-8-16(23-17)13-4-6-15(19)7-5-13/h2-12H,1H3,(H,21,22). The van der Waals surface area contributed by atoms with E-state index >= 15 is 0 Å². The molecule has 1 N–H and O–H groups in total. The summed E-state index contributed by atoms with van der Waals surface area (Å²) in [7, 11) is 0. The maximum absolute atomic E-state index is 13.0. The highest BCUT2D eigenvalue weighted by molar-refractivity contribution is 7.17. The van der Waals surface area contributed by atoms with Crippen molar-refractivity contribution in [3.8, 4) is 10.4 Å². The minimum Gasteiger partial charge on any atom is -0.345 e. The summed E-state index contributed by atoms with van der Waals surface area (Å²) in [6, 6.07) is 13.6. The third-order valence-electron chi connectivity index (χ3n) is 3.49. The highest BCUT2D eigenvalue weighted by atomic mass is 32.1. The predicted octanol–water partition coefficient (Wildman–Crippen LogP) is 4.44. The van der Waals surface area contributed by atoms with Gasteiger partial charge in [-0.2, -0.15) is 0 Å². The number of benzene rings is 1. The van der Waals surface area contributed by atoms with Gasteiger partial charge in [0.15, 0.2) is 0 Å². The number of thiophene rings is 1. The molecule has 3 nitrogen and oxygen atoms in total. The van der Waals surface area contributed by atoms with Crippen molar-refractivity contribution < 1.29 is 9.18 Å². The van der Waals surface area contributed by atoms with Crippen molar-refractivity contribution in [1.82, 2.24) is 10.3 Å². The molecule has 3 rings (SSSR count). The molecule has 23 heavy (non-hydrogen) atoms. The molecular weight excluding hydrogens is 311 g/mol. The Morgan fingerprint density at radius 3 is 2.65 bits per heavy atom. The maximum Gasteiger partial charge on any atom is 0.261 e. The molecule has 0 spiro atoms. The Labute approximate surface area is 137 Å². The van der Waals surface area contributed by atoms with Gasteiger partial charge in [0.25, 0.3) is 5.91 Å². The summed E-state index contributed by atoms with van der Waals surface area (Å²) in [5, 5.41) is 2.96. The molecule has 0 aliphatic carbocycles. The Morgan fingerprint density at radius 2 is 1.96 bits per heavy atom. The zero-order chi connectivity index (χ0) is 16.2. The molecule has 116 valence electrons. The molecule has 0 saturated heterocycles. The van der Waals surface area contributed by atoms with Crippen LogP contribution >= 0.6 is 11.3 Å². The van der Waals surface area contributed by atoms with Crippen molar-refractivity contribution in [1.29, 1.82) is 0 Å². The van der Waals surface area contributed by atoms with Crippen molar-refractivity contribution in [2.75, 3.05) is 0 Å². The molecule has 2 aromatic heterocycles. The van der Waals surface area contributed by atoms with Crippen molar-refractivity contribution >= 4 is 17.2 Å². The first-order chi connectivity index (χ1) is 11.1. The van der Waals surface area contributed by atoms with Crippen LogP contribution in [-0.4, -0.2) is 10.9 Å². The first-order valence-electron chi connectivity index (χ1n) is 7.20. The number of nitrogens with one attached hydrogen (secondary N) is 1. The van der Waals surface area contributed by atoms with Crippen LogP contribution < -0.4 is 5.32 Å².